The van der Waals surface area contributed by atoms with Crippen molar-refractivity contribution in [3.63, 3.8) is 0 Å². The van der Waals surface area contributed by atoms with E-state index in [-0.39, 0.29) is 23.9 Å². The van der Waals surface area contributed by atoms with Gasteiger partial charge < -0.3 is 26.0 Å². The van der Waals surface area contributed by atoms with Crippen LogP contribution in [0.3, 0.4) is 0 Å². The van der Waals surface area contributed by atoms with Gasteiger partial charge in [-0.25, -0.2) is 0 Å². The molecule has 9 heteroatoms. The fourth-order valence-corrected chi connectivity index (χ4v) is 6.76. The number of amidine groups is 1. The number of allylic oxidation sites excluding steroid dienone is 5. The summed E-state index contributed by atoms with van der Waals surface area (Å²) in [5, 5.41) is 20.8. The number of aryl methyl sites for hydroxylation is 1. The molecular formula is C37H57N6O3+. The van der Waals surface area contributed by atoms with Crippen LogP contribution in [0.15, 0.2) is 65.0 Å². The molecule has 1 aromatic carbocycles. The monoisotopic (exact) mass is 633 g/mol. The van der Waals surface area contributed by atoms with Gasteiger partial charge in [-0.1, -0.05) is 49.8 Å². The van der Waals surface area contributed by atoms with Crippen LogP contribution in [-0.4, -0.2) is 71.5 Å². The number of aliphatic hydroxyl groups is 1. The summed E-state index contributed by atoms with van der Waals surface area (Å²) >= 11 is 0. The van der Waals surface area contributed by atoms with E-state index in [1.807, 2.05) is 64.1 Å². The third-order valence-electron chi connectivity index (χ3n) is 9.29. The van der Waals surface area contributed by atoms with Crippen LogP contribution in [-0.2, 0) is 17.6 Å². The molecule has 46 heavy (non-hydrogen) atoms. The van der Waals surface area contributed by atoms with Crippen molar-refractivity contribution in [2.24, 2.45) is 5.73 Å². The molecule has 0 saturated carbocycles. The van der Waals surface area contributed by atoms with Crippen molar-refractivity contribution in [1.29, 1.82) is 0 Å². The molecule has 2 aliphatic heterocycles. The number of nitrogens with zero attached hydrogens (tertiary/aromatic N) is 1. The van der Waals surface area contributed by atoms with E-state index in [0.29, 0.717) is 18.9 Å². The van der Waals surface area contributed by atoms with Crippen molar-refractivity contribution in [2.45, 2.75) is 111 Å². The number of carbonyl (C=O) groups excluding carboxylic acids is 2. The number of rotatable bonds is 8. The molecule has 252 valence electrons. The first kappa shape index (κ1) is 36.6. The molecule has 9 nitrogen and oxygen atoms in total. The van der Waals surface area contributed by atoms with Gasteiger partial charge in [-0.3, -0.25) is 20.3 Å². The highest BCUT2D eigenvalue weighted by Crippen LogP contribution is 2.37. The first-order valence-corrected chi connectivity index (χ1v) is 16.8. The Labute approximate surface area is 276 Å². The summed E-state index contributed by atoms with van der Waals surface area (Å²) in [6, 6.07) is 5.55. The summed E-state index contributed by atoms with van der Waals surface area (Å²) < 4.78 is 0. The van der Waals surface area contributed by atoms with E-state index in [2.05, 4.69) is 52.7 Å². The summed E-state index contributed by atoms with van der Waals surface area (Å²) in [6.45, 7) is 15.4. The molecule has 7 N–H and O–H groups in total. The molecule has 0 bridgehead atoms. The Bertz CT molecular complexity index is 1400. The Balaban J connectivity index is 0.000000349. The topological polar surface area (TPSA) is 134 Å². The molecule has 2 fully saturated rings. The predicted octanol–water partition coefficient (Wildman–Crippen LogP) is 2.76. The minimum Gasteiger partial charge on any atom is -0.388 e. The molecule has 0 aromatic heterocycles. The number of amides is 2. The maximum absolute atomic E-state index is 13.3. The zero-order chi connectivity index (χ0) is 34.0. The summed E-state index contributed by atoms with van der Waals surface area (Å²) in [6.07, 6.45) is 12.9. The van der Waals surface area contributed by atoms with Crippen LogP contribution in [0.2, 0.25) is 0 Å². The summed E-state index contributed by atoms with van der Waals surface area (Å²) in [5.74, 6) is 1.60. The number of hydrogen-bond acceptors (Lipinski definition) is 5. The first-order valence-electron chi connectivity index (χ1n) is 16.8. The van der Waals surface area contributed by atoms with Crippen LogP contribution in [0.5, 0.6) is 0 Å². The van der Waals surface area contributed by atoms with E-state index in [4.69, 9.17) is 5.73 Å². The van der Waals surface area contributed by atoms with Gasteiger partial charge in [0.05, 0.1) is 12.6 Å². The molecule has 4 atom stereocenters. The van der Waals surface area contributed by atoms with Gasteiger partial charge in [-0.15, -0.1) is 0 Å². The quantitative estimate of drug-likeness (QED) is 0.113. The number of aliphatic hydroxyl groups excluding tert-OH is 1. The Kier molecular flexibility index (Phi) is 13.2. The SMILES string of the molecule is CCC(N)=[NH+]C1CNC(=C(C)C)N2C[C@@H](NC(=O)c3cccc4c3CCCC4)[C@@H](O)[C@]12C.C\C=C/C(C)=C\C(=C\CC)C(=O)NC. The van der Waals surface area contributed by atoms with E-state index < -0.39 is 11.6 Å². The fraction of sp³-hybridized carbons (Fsp3) is 0.541. The summed E-state index contributed by atoms with van der Waals surface area (Å²) in [4.78, 5) is 30.4. The van der Waals surface area contributed by atoms with Gasteiger partial charge in [-0.2, -0.15) is 0 Å². The number of likely N-dealkylation sites (N-methyl/N-ethyl adjacent to an activating group) is 1. The van der Waals surface area contributed by atoms with Gasteiger partial charge in [0.25, 0.3) is 11.8 Å². The molecule has 0 radical (unpaired) electrons. The Hall–Kier alpha value is -3.85. The van der Waals surface area contributed by atoms with Crippen LogP contribution in [0, 0.1) is 0 Å². The number of benzene rings is 1. The van der Waals surface area contributed by atoms with Gasteiger partial charge in [0.1, 0.15) is 23.5 Å². The largest absolute Gasteiger partial charge is 0.388 e. The van der Waals surface area contributed by atoms with Crippen molar-refractivity contribution in [3.05, 3.63) is 81.7 Å². The lowest BCUT2D eigenvalue weighted by atomic mass is 9.83. The van der Waals surface area contributed by atoms with Gasteiger partial charge in [0.2, 0.25) is 5.84 Å². The highest BCUT2D eigenvalue weighted by Gasteiger charge is 2.59. The number of nitrogens with one attached hydrogen (secondary N) is 4. The van der Waals surface area contributed by atoms with Gasteiger partial charge in [-0.05, 0) is 95.6 Å². The van der Waals surface area contributed by atoms with Crippen LogP contribution in [0.1, 0.15) is 95.6 Å². The van der Waals surface area contributed by atoms with Crippen LogP contribution in [0.4, 0.5) is 0 Å². The maximum atomic E-state index is 13.3. The molecule has 2 saturated heterocycles. The van der Waals surface area contributed by atoms with E-state index in [9.17, 15) is 14.7 Å². The molecule has 3 aliphatic rings. The zero-order valence-corrected chi connectivity index (χ0v) is 29.2. The van der Waals surface area contributed by atoms with Gasteiger partial charge in [0.15, 0.2) is 0 Å². The molecule has 1 aliphatic carbocycles. The van der Waals surface area contributed by atoms with Crippen molar-refractivity contribution < 1.29 is 19.7 Å². The molecule has 1 aromatic rings. The Morgan fingerprint density at radius 3 is 2.54 bits per heavy atom. The molecule has 4 rings (SSSR count). The summed E-state index contributed by atoms with van der Waals surface area (Å²) in [7, 11) is 1.64. The van der Waals surface area contributed by atoms with Gasteiger partial charge >= 0.3 is 0 Å². The average molecular weight is 634 g/mol. The normalized spacial score (nSPS) is 24.8. The highest BCUT2D eigenvalue weighted by atomic mass is 16.3. The second kappa shape index (κ2) is 16.6. The second-order valence-electron chi connectivity index (χ2n) is 12.9. The van der Waals surface area contributed by atoms with Gasteiger partial charge in [0, 0.05) is 31.1 Å². The van der Waals surface area contributed by atoms with Crippen molar-refractivity contribution in [3.8, 4) is 0 Å². The first-order chi connectivity index (χ1) is 21.9. The lowest BCUT2D eigenvalue weighted by molar-refractivity contribution is -0.525. The minimum absolute atomic E-state index is 0.0318. The van der Waals surface area contributed by atoms with Crippen molar-refractivity contribution in [2.75, 3.05) is 20.1 Å². The number of carbonyl (C=O) groups is 2. The number of nitrogens with two attached hydrogens (primary N) is 1. The lowest BCUT2D eigenvalue weighted by Crippen LogP contribution is -2.92. The highest BCUT2D eigenvalue weighted by molar-refractivity contribution is 5.96. The van der Waals surface area contributed by atoms with E-state index in [1.165, 1.54) is 17.5 Å². The van der Waals surface area contributed by atoms with E-state index in [1.54, 1.807) is 7.05 Å². The number of fused-ring (bicyclic) bond motifs is 2. The van der Waals surface area contributed by atoms with Crippen LogP contribution < -0.4 is 26.7 Å². The second-order valence-corrected chi connectivity index (χ2v) is 12.9. The minimum atomic E-state index is -0.746. The molecule has 2 heterocycles. The van der Waals surface area contributed by atoms with Crippen LogP contribution in [0.25, 0.3) is 0 Å². The molecule has 2 amide bonds. The molecule has 1 unspecified atom stereocenters. The Morgan fingerprint density at radius 2 is 1.91 bits per heavy atom. The molecular weight excluding hydrogens is 576 g/mol. The smallest absolute Gasteiger partial charge is 0.251 e. The summed E-state index contributed by atoms with van der Waals surface area (Å²) in [5.41, 5.74) is 11.7. The average Bonchev–Trinajstić information content (AvgIpc) is 3.30. The lowest BCUT2D eigenvalue weighted by Gasteiger charge is -2.47. The Morgan fingerprint density at radius 1 is 1.20 bits per heavy atom. The van der Waals surface area contributed by atoms with Crippen LogP contribution >= 0.6 is 0 Å². The third-order valence-corrected chi connectivity index (χ3v) is 9.29. The molecule has 0 spiro atoms. The predicted molar refractivity (Wildman–Crippen MR) is 187 cm³/mol. The zero-order valence-electron chi connectivity index (χ0n) is 29.2. The maximum Gasteiger partial charge on any atom is 0.251 e. The van der Waals surface area contributed by atoms with E-state index >= 15 is 0 Å². The van der Waals surface area contributed by atoms with Crippen molar-refractivity contribution in [1.82, 2.24) is 20.9 Å². The standard InChI is InChI=1S/C25H37N5O2.C12H19NO/c1-5-21(26)29-20-13-27-23(15(2)3)30-14-19(22(31)25(20,30)4)28-24(32)18-12-8-10-16-9-6-7-11-17(16)18;1-5-7-10(3)9-11(8-6-2)12(14)13-4/h8,10,12,19-20,22,27,31H,5-7,9,11,13-14H2,1-4H3,(H2,26,29)(H,28,32);5,7-9H,6H2,1-4H3,(H,13,14)/p+1/b;7-5-,10-9-,11-8-/t19-,20?,22-,25+;/m1./s1. The fourth-order valence-electron chi connectivity index (χ4n) is 6.76. The number of hydrogen-bond donors (Lipinski definition) is 6. The van der Waals surface area contributed by atoms with Crippen molar-refractivity contribution >= 4 is 17.6 Å². The van der Waals surface area contributed by atoms with E-state index in [0.717, 1.165) is 60.2 Å². The third kappa shape index (κ3) is 8.29.